The summed E-state index contributed by atoms with van der Waals surface area (Å²) in [6.07, 6.45) is 2.52. The summed E-state index contributed by atoms with van der Waals surface area (Å²) in [6.45, 7) is 10.9. The van der Waals surface area contributed by atoms with Gasteiger partial charge in [0.05, 0.1) is 6.10 Å². The Hall–Kier alpha value is -1.56. The van der Waals surface area contributed by atoms with E-state index in [9.17, 15) is 9.90 Å². The number of ether oxygens (including phenoxy) is 1. The SMILES string of the molecule is C=CCCN1C(=O)[C@H](Oc2ccccc2)[C@@H]1[C@H](O)/C=C(\Cl)C[Si](C)(C)C. The van der Waals surface area contributed by atoms with Crippen molar-refractivity contribution in [2.24, 2.45) is 0 Å². The lowest BCUT2D eigenvalue weighted by Gasteiger charge is -2.48. The van der Waals surface area contributed by atoms with Gasteiger partial charge in [0, 0.05) is 19.7 Å². The largest absolute Gasteiger partial charge is 0.478 e. The van der Waals surface area contributed by atoms with Crippen molar-refractivity contribution in [2.45, 2.75) is 50.4 Å². The topological polar surface area (TPSA) is 49.8 Å². The maximum Gasteiger partial charge on any atom is 0.266 e. The molecule has 1 saturated heterocycles. The molecule has 1 aliphatic heterocycles. The second-order valence-corrected chi connectivity index (χ2v) is 13.8. The predicted octanol–water partition coefficient (Wildman–Crippen LogP) is 4.04. The smallest absolute Gasteiger partial charge is 0.266 e. The Balaban J connectivity index is 2.15. The van der Waals surface area contributed by atoms with Crippen LogP contribution in [-0.4, -0.2) is 48.8 Å². The molecule has 6 heteroatoms. The fourth-order valence-electron chi connectivity index (χ4n) is 3.01. The molecule has 3 atom stereocenters. The van der Waals surface area contributed by atoms with Crippen molar-refractivity contribution in [3.63, 3.8) is 0 Å². The molecule has 0 aliphatic carbocycles. The number of amides is 1. The zero-order chi connectivity index (χ0) is 19.3. The second kappa shape index (κ2) is 8.89. The minimum Gasteiger partial charge on any atom is -0.478 e. The monoisotopic (exact) mass is 393 g/mol. The van der Waals surface area contributed by atoms with E-state index < -0.39 is 26.3 Å². The van der Waals surface area contributed by atoms with Crippen molar-refractivity contribution < 1.29 is 14.6 Å². The number of carbonyl (C=O) groups excluding carboxylic acids is 1. The van der Waals surface area contributed by atoms with Gasteiger partial charge < -0.3 is 14.7 Å². The number of benzene rings is 1. The molecule has 0 bridgehead atoms. The van der Waals surface area contributed by atoms with Crippen LogP contribution in [0, 0.1) is 0 Å². The van der Waals surface area contributed by atoms with E-state index in [1.54, 1.807) is 29.2 Å². The highest BCUT2D eigenvalue weighted by Crippen LogP contribution is 2.30. The number of para-hydroxylation sites is 1. The van der Waals surface area contributed by atoms with Crippen molar-refractivity contribution in [3.05, 3.63) is 54.1 Å². The molecule has 1 heterocycles. The molecule has 1 aromatic carbocycles. The predicted molar refractivity (Wildman–Crippen MR) is 109 cm³/mol. The van der Waals surface area contributed by atoms with Crippen molar-refractivity contribution in [2.75, 3.05) is 6.54 Å². The van der Waals surface area contributed by atoms with Gasteiger partial charge in [-0.3, -0.25) is 4.79 Å². The Labute approximate surface area is 162 Å². The molecule has 1 fully saturated rings. The van der Waals surface area contributed by atoms with Crippen molar-refractivity contribution in [3.8, 4) is 5.75 Å². The van der Waals surface area contributed by atoms with Crippen LogP contribution in [0.25, 0.3) is 0 Å². The first-order valence-electron chi connectivity index (χ1n) is 8.90. The van der Waals surface area contributed by atoms with E-state index in [-0.39, 0.29) is 5.91 Å². The third-order valence-corrected chi connectivity index (χ3v) is 6.10. The van der Waals surface area contributed by atoms with E-state index >= 15 is 0 Å². The van der Waals surface area contributed by atoms with Gasteiger partial charge in [-0.2, -0.15) is 0 Å². The molecule has 0 unspecified atom stereocenters. The number of aliphatic hydroxyl groups is 1. The molecule has 1 N–H and O–H groups in total. The van der Waals surface area contributed by atoms with Gasteiger partial charge in [0.15, 0.2) is 6.10 Å². The lowest BCUT2D eigenvalue weighted by molar-refractivity contribution is -0.170. The molecule has 0 saturated carbocycles. The van der Waals surface area contributed by atoms with E-state index in [1.807, 2.05) is 18.2 Å². The summed E-state index contributed by atoms with van der Waals surface area (Å²) in [4.78, 5) is 14.2. The zero-order valence-corrected chi connectivity index (χ0v) is 17.4. The van der Waals surface area contributed by atoms with Crippen LogP contribution in [0.1, 0.15) is 6.42 Å². The van der Waals surface area contributed by atoms with Gasteiger partial charge in [-0.15, -0.1) is 6.58 Å². The van der Waals surface area contributed by atoms with Gasteiger partial charge in [0.2, 0.25) is 0 Å². The maximum absolute atomic E-state index is 12.5. The van der Waals surface area contributed by atoms with Gasteiger partial charge in [-0.25, -0.2) is 0 Å². The Morgan fingerprint density at radius 2 is 2.04 bits per heavy atom. The second-order valence-electron chi connectivity index (χ2n) is 7.79. The standard InChI is InChI=1S/C20H28ClNO3Si/c1-5-6-12-22-18(17(23)13-15(21)14-26(2,3)4)19(20(22)24)25-16-10-8-7-9-11-16/h5,7-11,13,17-19,23H,1,6,12,14H2,2-4H3/b15-13-/t17-,18+,19-/m1/s1. The number of hydrogen-bond donors (Lipinski definition) is 1. The molecular weight excluding hydrogens is 366 g/mol. The van der Waals surface area contributed by atoms with Crippen LogP contribution in [0.2, 0.25) is 25.7 Å². The highest BCUT2D eigenvalue weighted by atomic mass is 35.5. The minimum atomic E-state index is -1.38. The molecule has 1 aromatic rings. The first-order chi connectivity index (χ1) is 12.2. The van der Waals surface area contributed by atoms with Crippen LogP contribution in [-0.2, 0) is 4.79 Å². The molecule has 0 aromatic heterocycles. The maximum atomic E-state index is 12.5. The minimum absolute atomic E-state index is 0.116. The highest BCUT2D eigenvalue weighted by molar-refractivity contribution is 6.77. The van der Waals surface area contributed by atoms with Gasteiger partial charge >= 0.3 is 0 Å². The number of halogens is 1. The fraction of sp³-hybridized carbons (Fsp3) is 0.450. The summed E-state index contributed by atoms with van der Waals surface area (Å²) in [5, 5.41) is 11.4. The number of aliphatic hydroxyl groups excluding tert-OH is 1. The van der Waals surface area contributed by atoms with Crippen LogP contribution < -0.4 is 4.74 Å². The molecule has 1 aliphatic rings. The average Bonchev–Trinajstić information content (AvgIpc) is 2.55. The fourth-order valence-corrected chi connectivity index (χ4v) is 5.47. The van der Waals surface area contributed by atoms with Gasteiger partial charge in [0.25, 0.3) is 5.91 Å². The summed E-state index contributed by atoms with van der Waals surface area (Å²) in [5.74, 6) is 0.498. The summed E-state index contributed by atoms with van der Waals surface area (Å²) in [5.41, 5.74) is 0. The summed E-state index contributed by atoms with van der Waals surface area (Å²) >= 11 is 6.36. The third kappa shape index (κ3) is 5.46. The van der Waals surface area contributed by atoms with Crippen molar-refractivity contribution in [1.82, 2.24) is 4.90 Å². The number of carbonyl (C=O) groups is 1. The summed E-state index contributed by atoms with van der Waals surface area (Å²) < 4.78 is 5.85. The molecule has 26 heavy (non-hydrogen) atoms. The molecule has 1 amide bonds. The van der Waals surface area contributed by atoms with E-state index in [4.69, 9.17) is 16.3 Å². The van der Waals surface area contributed by atoms with Gasteiger partial charge in [-0.1, -0.05) is 55.5 Å². The van der Waals surface area contributed by atoms with Crippen LogP contribution >= 0.6 is 11.6 Å². The van der Waals surface area contributed by atoms with Gasteiger partial charge in [0.1, 0.15) is 11.8 Å². The average molecular weight is 394 g/mol. The third-order valence-electron chi connectivity index (χ3n) is 4.18. The van der Waals surface area contributed by atoms with Crippen LogP contribution in [0.15, 0.2) is 54.1 Å². The number of likely N-dealkylation sites (tertiary alicyclic amines) is 1. The molecular formula is C20H28ClNO3Si. The van der Waals surface area contributed by atoms with Crippen LogP contribution in [0.5, 0.6) is 5.75 Å². The van der Waals surface area contributed by atoms with Crippen LogP contribution in [0.4, 0.5) is 0 Å². The number of nitrogens with zero attached hydrogens (tertiary/aromatic N) is 1. The lowest BCUT2D eigenvalue weighted by Crippen LogP contribution is -2.70. The number of rotatable bonds is 9. The van der Waals surface area contributed by atoms with E-state index in [0.29, 0.717) is 23.7 Å². The van der Waals surface area contributed by atoms with Crippen LogP contribution in [0.3, 0.4) is 0 Å². The Bertz CT molecular complexity index is 657. The summed E-state index contributed by atoms with van der Waals surface area (Å²) in [7, 11) is -1.38. The van der Waals surface area contributed by atoms with Crippen molar-refractivity contribution >= 4 is 25.6 Å². The normalized spacial score (nSPS) is 22.0. The zero-order valence-electron chi connectivity index (χ0n) is 15.7. The van der Waals surface area contributed by atoms with E-state index in [0.717, 1.165) is 6.04 Å². The lowest BCUT2D eigenvalue weighted by atomic mass is 9.91. The number of β-lactam (4-membered cyclic amide) rings is 1. The first-order valence-corrected chi connectivity index (χ1v) is 13.0. The molecule has 4 nitrogen and oxygen atoms in total. The molecule has 142 valence electrons. The summed E-state index contributed by atoms with van der Waals surface area (Å²) in [6, 6.07) is 9.54. The Morgan fingerprint density at radius 1 is 1.38 bits per heavy atom. The first kappa shape index (κ1) is 20.7. The molecule has 0 radical (unpaired) electrons. The number of allylic oxidation sites excluding steroid dienone is 1. The molecule has 0 spiro atoms. The van der Waals surface area contributed by atoms with Crippen molar-refractivity contribution in [1.29, 1.82) is 0 Å². The highest BCUT2D eigenvalue weighted by Gasteiger charge is 2.52. The van der Waals surface area contributed by atoms with E-state index in [1.165, 1.54) is 0 Å². The number of hydrogen-bond acceptors (Lipinski definition) is 3. The van der Waals surface area contributed by atoms with E-state index in [2.05, 4.69) is 26.2 Å². The Morgan fingerprint density at radius 3 is 2.62 bits per heavy atom. The molecule has 2 rings (SSSR count). The quantitative estimate of drug-likeness (QED) is 0.391. The Kier molecular flexibility index (Phi) is 7.09. The van der Waals surface area contributed by atoms with Gasteiger partial charge in [-0.05, 0) is 30.7 Å².